The van der Waals surface area contributed by atoms with E-state index in [1.54, 1.807) is 13.0 Å². The van der Waals surface area contributed by atoms with Gasteiger partial charge in [-0.2, -0.15) is 0 Å². The number of rotatable bonds is 6. The number of alkyl halides is 1. The highest BCUT2D eigenvalue weighted by Gasteiger charge is 2.40. The number of thioether (sulfide) groups is 1. The zero-order valence-corrected chi connectivity index (χ0v) is 19.0. The molecule has 2 aromatic carbocycles. The summed E-state index contributed by atoms with van der Waals surface area (Å²) in [6, 6.07) is 10.4. The predicted molar refractivity (Wildman–Crippen MR) is 120 cm³/mol. The minimum Gasteiger partial charge on any atom is -0.493 e. The Morgan fingerprint density at radius 1 is 1.23 bits per heavy atom. The first-order chi connectivity index (χ1) is 14.4. The summed E-state index contributed by atoms with van der Waals surface area (Å²) in [7, 11) is 0. The highest BCUT2D eigenvalue weighted by molar-refractivity contribution is 8.00. The van der Waals surface area contributed by atoms with Gasteiger partial charge >= 0.3 is 0 Å². The van der Waals surface area contributed by atoms with Gasteiger partial charge in [0.05, 0.1) is 22.5 Å². The summed E-state index contributed by atoms with van der Waals surface area (Å²) >= 11 is 13.9. The van der Waals surface area contributed by atoms with Crippen LogP contribution in [0.5, 0.6) is 5.75 Å². The number of carbonyl (C=O) groups excluding carboxylic acids is 1. The Bertz CT molecular complexity index is 947. The summed E-state index contributed by atoms with van der Waals surface area (Å²) in [6.45, 7) is 2.50. The van der Waals surface area contributed by atoms with E-state index in [1.165, 1.54) is 29.5 Å². The minimum absolute atomic E-state index is 0.124. The molecule has 1 fully saturated rings. The van der Waals surface area contributed by atoms with Crippen LogP contribution in [0.2, 0.25) is 5.02 Å². The molecule has 1 heterocycles. The topological polar surface area (TPSA) is 38.3 Å². The first-order valence-corrected chi connectivity index (χ1v) is 11.9. The molecule has 7 heteroatoms. The molecule has 1 N–H and O–H groups in total. The van der Waals surface area contributed by atoms with Gasteiger partial charge in [0.2, 0.25) is 5.91 Å². The van der Waals surface area contributed by atoms with Gasteiger partial charge in [0.25, 0.3) is 0 Å². The van der Waals surface area contributed by atoms with Crippen molar-refractivity contribution in [2.75, 3.05) is 6.61 Å². The van der Waals surface area contributed by atoms with Gasteiger partial charge in [-0.05, 0) is 61.2 Å². The molecule has 1 amide bonds. The molecular formula is C23H24Cl2FNO2S. The van der Waals surface area contributed by atoms with Gasteiger partial charge < -0.3 is 10.1 Å². The molecule has 0 aromatic heterocycles. The van der Waals surface area contributed by atoms with Crippen LogP contribution in [-0.4, -0.2) is 23.1 Å². The summed E-state index contributed by atoms with van der Waals surface area (Å²) in [5, 5.41) is 2.63. The number of carbonyl (C=O) groups is 1. The zero-order chi connectivity index (χ0) is 21.3. The van der Waals surface area contributed by atoms with Crippen molar-refractivity contribution in [1.82, 2.24) is 5.32 Å². The average molecular weight is 468 g/mol. The maximum absolute atomic E-state index is 13.4. The number of ether oxygens (including phenoxy) is 1. The third-order valence-corrected chi connectivity index (χ3v) is 8.20. The van der Waals surface area contributed by atoms with Crippen molar-refractivity contribution in [3.8, 4) is 5.75 Å². The maximum atomic E-state index is 13.4. The lowest BCUT2D eigenvalue weighted by molar-refractivity contribution is -0.122. The Kier molecular flexibility index (Phi) is 6.52. The van der Waals surface area contributed by atoms with Crippen LogP contribution in [0.1, 0.15) is 43.7 Å². The van der Waals surface area contributed by atoms with Crippen LogP contribution >= 0.6 is 35.0 Å². The molecule has 160 valence electrons. The standard InChI is InChI=1S/C23H24Cl2FNO2S/c1-14(24)21(30-20-7-5-17(26)13-18(20)25)22(28)27-23(9-2-3-10-23)16-4-6-19-15(12-16)8-11-29-19/h4-7,12-14,21H,2-3,8-11H2,1H3,(H,27,28). The van der Waals surface area contributed by atoms with E-state index in [0.717, 1.165) is 43.4 Å². The lowest BCUT2D eigenvalue weighted by Gasteiger charge is -2.33. The second-order valence-electron chi connectivity index (χ2n) is 7.99. The Morgan fingerprint density at radius 2 is 2.00 bits per heavy atom. The Morgan fingerprint density at radius 3 is 2.70 bits per heavy atom. The molecule has 4 rings (SSSR count). The monoisotopic (exact) mass is 467 g/mol. The van der Waals surface area contributed by atoms with E-state index in [-0.39, 0.29) is 10.9 Å². The van der Waals surface area contributed by atoms with E-state index in [9.17, 15) is 9.18 Å². The van der Waals surface area contributed by atoms with Crippen LogP contribution in [0.15, 0.2) is 41.3 Å². The maximum Gasteiger partial charge on any atom is 0.235 e. The molecule has 30 heavy (non-hydrogen) atoms. The number of hydrogen-bond donors (Lipinski definition) is 1. The van der Waals surface area contributed by atoms with Crippen LogP contribution in [0, 0.1) is 5.82 Å². The van der Waals surface area contributed by atoms with Crippen molar-refractivity contribution in [3.63, 3.8) is 0 Å². The van der Waals surface area contributed by atoms with Gasteiger partial charge in [-0.25, -0.2) is 4.39 Å². The number of hydrogen-bond acceptors (Lipinski definition) is 3. The summed E-state index contributed by atoms with van der Waals surface area (Å²) in [5.74, 6) is 0.406. The predicted octanol–water partition coefficient (Wildman–Crippen LogP) is 6.09. The largest absolute Gasteiger partial charge is 0.493 e. The van der Waals surface area contributed by atoms with Gasteiger partial charge in [0, 0.05) is 11.3 Å². The first kappa shape index (κ1) is 21.8. The smallest absolute Gasteiger partial charge is 0.235 e. The van der Waals surface area contributed by atoms with Crippen molar-refractivity contribution in [2.24, 2.45) is 0 Å². The molecule has 0 radical (unpaired) electrons. The molecular weight excluding hydrogens is 444 g/mol. The minimum atomic E-state index is -0.551. The van der Waals surface area contributed by atoms with Gasteiger partial charge in [-0.1, -0.05) is 30.5 Å². The van der Waals surface area contributed by atoms with Crippen LogP contribution in [0.4, 0.5) is 4.39 Å². The third-order valence-electron chi connectivity index (χ3n) is 5.89. The molecule has 0 spiro atoms. The van der Waals surface area contributed by atoms with Crippen molar-refractivity contribution in [1.29, 1.82) is 0 Å². The van der Waals surface area contributed by atoms with E-state index >= 15 is 0 Å². The zero-order valence-electron chi connectivity index (χ0n) is 16.7. The highest BCUT2D eigenvalue weighted by Crippen LogP contribution is 2.42. The molecule has 1 aliphatic carbocycles. The molecule has 0 bridgehead atoms. The van der Waals surface area contributed by atoms with E-state index in [4.69, 9.17) is 27.9 Å². The molecule has 2 aromatic rings. The van der Waals surface area contributed by atoms with Gasteiger partial charge in [0.15, 0.2) is 0 Å². The lowest BCUT2D eigenvalue weighted by atomic mass is 9.86. The summed E-state index contributed by atoms with van der Waals surface area (Å²) in [5.41, 5.74) is 1.93. The Labute approximate surface area is 190 Å². The number of amides is 1. The van der Waals surface area contributed by atoms with E-state index in [0.29, 0.717) is 11.5 Å². The number of halogens is 3. The molecule has 2 atom stereocenters. The molecule has 1 saturated carbocycles. The fourth-order valence-corrected chi connectivity index (χ4v) is 5.83. The van der Waals surface area contributed by atoms with Crippen LogP contribution in [0.25, 0.3) is 0 Å². The fraction of sp³-hybridized carbons (Fsp3) is 0.435. The van der Waals surface area contributed by atoms with E-state index < -0.39 is 22.0 Å². The van der Waals surface area contributed by atoms with Gasteiger partial charge in [0.1, 0.15) is 16.8 Å². The Hall–Kier alpha value is -1.43. The van der Waals surface area contributed by atoms with Crippen molar-refractivity contribution in [2.45, 2.75) is 60.1 Å². The normalized spacial score (nSPS) is 19.1. The van der Waals surface area contributed by atoms with Crippen molar-refractivity contribution < 1.29 is 13.9 Å². The Balaban J connectivity index is 1.58. The number of nitrogens with one attached hydrogen (secondary N) is 1. The third kappa shape index (κ3) is 4.44. The second-order valence-corrected chi connectivity index (χ2v) is 10.3. The van der Waals surface area contributed by atoms with Gasteiger partial charge in [-0.3, -0.25) is 4.79 Å². The van der Waals surface area contributed by atoms with Crippen LogP contribution < -0.4 is 10.1 Å². The van der Waals surface area contributed by atoms with Gasteiger partial charge in [-0.15, -0.1) is 23.4 Å². The lowest BCUT2D eigenvalue weighted by Crippen LogP contribution is -2.49. The van der Waals surface area contributed by atoms with E-state index in [1.807, 2.05) is 6.07 Å². The second kappa shape index (κ2) is 8.97. The fourth-order valence-electron chi connectivity index (χ4n) is 4.32. The molecule has 3 nitrogen and oxygen atoms in total. The van der Waals surface area contributed by atoms with Crippen LogP contribution in [-0.2, 0) is 16.8 Å². The van der Waals surface area contributed by atoms with Crippen molar-refractivity contribution >= 4 is 40.9 Å². The summed E-state index contributed by atoms with van der Waals surface area (Å²) in [6.07, 6.45) is 4.80. The average Bonchev–Trinajstić information content (AvgIpc) is 3.36. The molecule has 0 saturated heterocycles. The highest BCUT2D eigenvalue weighted by atomic mass is 35.5. The van der Waals surface area contributed by atoms with Crippen LogP contribution in [0.3, 0.4) is 0 Å². The SMILES string of the molecule is CC(Cl)C(Sc1ccc(F)cc1Cl)C(=O)NC1(c2ccc3c(c2)CCO3)CCCC1. The van der Waals surface area contributed by atoms with E-state index in [2.05, 4.69) is 17.4 Å². The summed E-state index contributed by atoms with van der Waals surface area (Å²) in [4.78, 5) is 14.0. The van der Waals surface area contributed by atoms with Crippen molar-refractivity contribution in [3.05, 3.63) is 58.4 Å². The summed E-state index contributed by atoms with van der Waals surface area (Å²) < 4.78 is 19.0. The quantitative estimate of drug-likeness (QED) is 0.412. The first-order valence-electron chi connectivity index (χ1n) is 10.2. The molecule has 2 unspecified atom stereocenters. The number of benzene rings is 2. The number of fused-ring (bicyclic) bond motifs is 1. The molecule has 1 aliphatic heterocycles. The molecule has 2 aliphatic rings.